The van der Waals surface area contributed by atoms with Crippen molar-refractivity contribution in [3.8, 4) is 0 Å². The van der Waals surface area contributed by atoms with Crippen molar-refractivity contribution >= 4 is 24.3 Å². The van der Waals surface area contributed by atoms with E-state index in [1.165, 1.54) is 0 Å². The molecule has 3 aromatic rings. The van der Waals surface area contributed by atoms with Crippen molar-refractivity contribution < 1.29 is 19.6 Å². The van der Waals surface area contributed by atoms with Gasteiger partial charge in [-0.1, -0.05) is 43.3 Å². The highest BCUT2D eigenvalue weighted by Gasteiger charge is 2.36. The Hall–Kier alpha value is -3.27. The highest BCUT2D eigenvalue weighted by molar-refractivity contribution is 6.58. The molecule has 8 nitrogen and oxygen atoms in total. The van der Waals surface area contributed by atoms with Crippen molar-refractivity contribution in [1.82, 2.24) is 9.97 Å². The van der Waals surface area contributed by atoms with Crippen LogP contribution < -0.4 is 16.5 Å². The lowest BCUT2D eigenvalue weighted by Gasteiger charge is -2.23. The fourth-order valence-corrected chi connectivity index (χ4v) is 5.08. The minimum atomic E-state index is -1.51. The van der Waals surface area contributed by atoms with Crippen LogP contribution in [0.25, 0.3) is 0 Å². The highest BCUT2D eigenvalue weighted by atomic mass is 16.5. The van der Waals surface area contributed by atoms with Gasteiger partial charge in [-0.25, -0.2) is 9.97 Å². The zero-order chi connectivity index (χ0) is 23.8. The smallest absolute Gasteiger partial charge is 0.423 e. The molecular weight excluding hydrogens is 431 g/mol. The zero-order valence-corrected chi connectivity index (χ0v) is 19.0. The van der Waals surface area contributed by atoms with Crippen molar-refractivity contribution in [3.63, 3.8) is 0 Å². The average molecular weight is 458 g/mol. The van der Waals surface area contributed by atoms with Crippen LogP contribution in [-0.2, 0) is 30.7 Å². The summed E-state index contributed by atoms with van der Waals surface area (Å²) in [5.74, 6) is 1.24. The Bertz CT molecular complexity index is 1250. The minimum Gasteiger partial charge on any atom is -0.423 e. The quantitative estimate of drug-likeness (QED) is 0.409. The molecule has 0 saturated carbocycles. The fraction of sp³-hybridized carbons (Fsp3) is 0.320. The lowest BCUT2D eigenvalue weighted by Crippen LogP contribution is -2.30. The van der Waals surface area contributed by atoms with Crippen LogP contribution in [0.5, 0.6) is 0 Å². The summed E-state index contributed by atoms with van der Waals surface area (Å²) in [6, 6.07) is 12.8. The number of nitrogens with zero attached hydrogens (tertiary/aromatic N) is 2. The number of carbonyl (C=O) groups excluding carboxylic acids is 1. The Morgan fingerprint density at radius 1 is 1.21 bits per heavy atom. The molecule has 0 bridgehead atoms. The molecule has 5 rings (SSSR count). The first-order valence-corrected chi connectivity index (χ1v) is 11.5. The first kappa shape index (κ1) is 22.5. The lowest BCUT2D eigenvalue weighted by atomic mass is 9.79. The summed E-state index contributed by atoms with van der Waals surface area (Å²) in [6.07, 6.45) is 1.46. The van der Waals surface area contributed by atoms with E-state index in [9.17, 15) is 14.8 Å². The van der Waals surface area contributed by atoms with Gasteiger partial charge in [-0.15, -0.1) is 0 Å². The second-order valence-electron chi connectivity index (χ2n) is 9.03. The van der Waals surface area contributed by atoms with Gasteiger partial charge in [0.05, 0.1) is 18.9 Å². The number of nitrogens with two attached hydrogens (primary N) is 1. The second-order valence-corrected chi connectivity index (χ2v) is 9.03. The number of amides is 1. The van der Waals surface area contributed by atoms with Crippen molar-refractivity contribution in [2.75, 3.05) is 11.9 Å². The summed E-state index contributed by atoms with van der Waals surface area (Å²) in [7, 11) is -1.51. The SMILES string of the molecule is CC1Cc2c(C(N)=O)cccc2C1c1nc2c(c(NCc3cccc(B(O)O)c3)n1)COCC2. The standard InChI is InChI=1S/C25H27BN4O4/c1-14-10-19-17(6-3-7-18(19)23(27)31)22(14)25-29-21-8-9-34-13-20(21)24(30-25)28-12-15-4-2-5-16(11-15)26(32)33/h2-7,11,14,22,32-33H,8-10,12-13H2,1H3,(H2,27,31)(H,28,29,30). The Labute approximate surface area is 198 Å². The third-order valence-electron chi connectivity index (χ3n) is 6.73. The summed E-state index contributed by atoms with van der Waals surface area (Å²) in [4.78, 5) is 21.9. The summed E-state index contributed by atoms with van der Waals surface area (Å²) < 4.78 is 5.69. The Morgan fingerprint density at radius 2 is 2.03 bits per heavy atom. The number of hydrogen-bond donors (Lipinski definition) is 4. The Kier molecular flexibility index (Phi) is 6.08. The number of benzene rings is 2. The predicted octanol–water partition coefficient (Wildman–Crippen LogP) is 1.26. The van der Waals surface area contributed by atoms with Crippen molar-refractivity contribution in [3.05, 3.63) is 81.8 Å². The molecule has 174 valence electrons. The second kappa shape index (κ2) is 9.17. The lowest BCUT2D eigenvalue weighted by molar-refractivity contribution is 0.0999. The topological polar surface area (TPSA) is 131 Å². The monoisotopic (exact) mass is 458 g/mol. The number of hydrogen-bond acceptors (Lipinski definition) is 7. The van der Waals surface area contributed by atoms with Crippen LogP contribution in [0.4, 0.5) is 5.82 Å². The maximum absolute atomic E-state index is 12.0. The zero-order valence-electron chi connectivity index (χ0n) is 19.0. The molecule has 34 heavy (non-hydrogen) atoms. The van der Waals surface area contributed by atoms with Gasteiger partial charge in [0.25, 0.3) is 0 Å². The number of ether oxygens (including phenoxy) is 1. The molecular formula is C25H27BN4O4. The molecule has 9 heteroatoms. The third-order valence-corrected chi connectivity index (χ3v) is 6.73. The molecule has 0 spiro atoms. The van der Waals surface area contributed by atoms with Gasteiger partial charge < -0.3 is 25.8 Å². The number of carbonyl (C=O) groups is 1. The number of nitrogens with one attached hydrogen (secondary N) is 1. The van der Waals surface area contributed by atoms with Gasteiger partial charge in [0, 0.05) is 30.0 Å². The summed E-state index contributed by atoms with van der Waals surface area (Å²) in [6.45, 7) is 3.67. The molecule has 1 aliphatic heterocycles. The van der Waals surface area contributed by atoms with E-state index in [2.05, 4.69) is 12.2 Å². The van der Waals surface area contributed by atoms with Gasteiger partial charge in [0.2, 0.25) is 5.91 Å². The third kappa shape index (κ3) is 4.18. The molecule has 1 amide bonds. The van der Waals surface area contributed by atoms with E-state index in [-0.39, 0.29) is 11.8 Å². The molecule has 0 fully saturated rings. The van der Waals surface area contributed by atoms with Gasteiger partial charge >= 0.3 is 7.12 Å². The van der Waals surface area contributed by atoms with E-state index in [0.29, 0.717) is 37.2 Å². The van der Waals surface area contributed by atoms with E-state index < -0.39 is 13.0 Å². The molecule has 5 N–H and O–H groups in total. The van der Waals surface area contributed by atoms with E-state index in [1.807, 2.05) is 18.2 Å². The molecule has 2 aliphatic rings. The van der Waals surface area contributed by atoms with E-state index >= 15 is 0 Å². The van der Waals surface area contributed by atoms with Gasteiger partial charge in [0.15, 0.2) is 0 Å². The van der Waals surface area contributed by atoms with Crippen molar-refractivity contribution in [1.29, 1.82) is 0 Å². The first-order valence-electron chi connectivity index (χ1n) is 11.5. The molecule has 1 aromatic heterocycles. The van der Waals surface area contributed by atoms with Crippen LogP contribution in [0, 0.1) is 5.92 Å². The van der Waals surface area contributed by atoms with Crippen LogP contribution in [0.3, 0.4) is 0 Å². The minimum absolute atomic E-state index is 0.0316. The first-order chi connectivity index (χ1) is 16.4. The van der Waals surface area contributed by atoms with Crippen LogP contribution in [0.1, 0.15) is 57.0 Å². The van der Waals surface area contributed by atoms with Crippen LogP contribution in [0.2, 0.25) is 0 Å². The number of aromatic nitrogens is 2. The van der Waals surface area contributed by atoms with Crippen molar-refractivity contribution in [2.45, 2.75) is 38.8 Å². The number of anilines is 1. The average Bonchev–Trinajstić information content (AvgIpc) is 3.18. The predicted molar refractivity (Wildman–Crippen MR) is 129 cm³/mol. The van der Waals surface area contributed by atoms with Gasteiger partial charge in [-0.05, 0) is 40.6 Å². The molecule has 2 heterocycles. The molecule has 2 aromatic carbocycles. The molecule has 0 radical (unpaired) electrons. The number of fused-ring (bicyclic) bond motifs is 2. The molecule has 0 saturated heterocycles. The van der Waals surface area contributed by atoms with Gasteiger partial charge in [-0.2, -0.15) is 0 Å². The summed E-state index contributed by atoms with van der Waals surface area (Å²) in [5.41, 5.74) is 11.5. The molecule has 1 aliphatic carbocycles. The Morgan fingerprint density at radius 3 is 2.82 bits per heavy atom. The van der Waals surface area contributed by atoms with E-state index in [1.54, 1.807) is 24.3 Å². The summed E-state index contributed by atoms with van der Waals surface area (Å²) >= 11 is 0. The molecule has 2 unspecified atom stereocenters. The summed E-state index contributed by atoms with van der Waals surface area (Å²) in [5, 5.41) is 22.4. The number of primary amides is 1. The van der Waals surface area contributed by atoms with Crippen LogP contribution in [0.15, 0.2) is 42.5 Å². The molecule has 2 atom stereocenters. The highest BCUT2D eigenvalue weighted by Crippen LogP contribution is 2.43. The van der Waals surface area contributed by atoms with Crippen LogP contribution in [-0.4, -0.2) is 39.6 Å². The van der Waals surface area contributed by atoms with Crippen molar-refractivity contribution in [2.24, 2.45) is 11.7 Å². The fourth-order valence-electron chi connectivity index (χ4n) is 5.08. The number of rotatable bonds is 6. The Balaban J connectivity index is 1.51. The van der Waals surface area contributed by atoms with Gasteiger partial charge in [-0.3, -0.25) is 4.79 Å². The largest absolute Gasteiger partial charge is 0.488 e. The maximum Gasteiger partial charge on any atom is 0.488 e. The normalized spacial score (nSPS) is 18.8. The van der Waals surface area contributed by atoms with E-state index in [4.69, 9.17) is 20.4 Å². The van der Waals surface area contributed by atoms with E-state index in [0.717, 1.165) is 46.0 Å². The van der Waals surface area contributed by atoms with Crippen LogP contribution >= 0.6 is 0 Å². The van der Waals surface area contributed by atoms with Gasteiger partial charge in [0.1, 0.15) is 11.6 Å². The maximum atomic E-state index is 12.0.